The number of nitrogens with one attached hydrogen (secondary N) is 3. The lowest BCUT2D eigenvalue weighted by molar-refractivity contribution is -0.115. The van der Waals surface area contributed by atoms with Crippen LogP contribution >= 0.6 is 24.0 Å². The second-order valence-electron chi connectivity index (χ2n) is 5.38. The zero-order chi connectivity index (χ0) is 17.5. The minimum atomic E-state index is -0.141. The van der Waals surface area contributed by atoms with E-state index in [0.29, 0.717) is 12.5 Å². The number of hydrogen-bond donors (Lipinski definition) is 3. The van der Waals surface area contributed by atoms with Gasteiger partial charge in [0.2, 0.25) is 12.7 Å². The summed E-state index contributed by atoms with van der Waals surface area (Å²) in [6.07, 6.45) is 0. The first-order valence-electron chi connectivity index (χ1n) is 7.92. The van der Waals surface area contributed by atoms with Crippen LogP contribution in [0.5, 0.6) is 11.5 Å². The highest BCUT2D eigenvalue weighted by atomic mass is 127. The molecule has 0 spiro atoms. The van der Waals surface area contributed by atoms with Crippen molar-refractivity contribution in [3.05, 3.63) is 54.1 Å². The van der Waals surface area contributed by atoms with E-state index >= 15 is 0 Å². The van der Waals surface area contributed by atoms with Gasteiger partial charge < -0.3 is 25.4 Å². The monoisotopic (exact) mass is 468 g/mol. The van der Waals surface area contributed by atoms with E-state index in [1.165, 1.54) is 0 Å². The molecule has 8 heteroatoms. The van der Waals surface area contributed by atoms with Crippen molar-refractivity contribution in [2.45, 2.75) is 6.54 Å². The maximum Gasteiger partial charge on any atom is 0.243 e. The zero-order valence-corrected chi connectivity index (χ0v) is 16.7. The number of anilines is 1. The van der Waals surface area contributed by atoms with Crippen molar-refractivity contribution in [1.29, 1.82) is 0 Å². The molecule has 0 aromatic heterocycles. The Morgan fingerprint density at radius 1 is 1.08 bits per heavy atom. The van der Waals surface area contributed by atoms with Gasteiger partial charge in [0.15, 0.2) is 17.5 Å². The van der Waals surface area contributed by atoms with Gasteiger partial charge in [-0.1, -0.05) is 24.3 Å². The molecule has 2 aromatic carbocycles. The summed E-state index contributed by atoms with van der Waals surface area (Å²) in [5.74, 6) is 1.89. The van der Waals surface area contributed by atoms with Gasteiger partial charge in [0, 0.05) is 19.3 Å². The fourth-order valence-electron chi connectivity index (χ4n) is 2.35. The molecule has 0 bridgehead atoms. The number of amides is 1. The predicted octanol–water partition coefficient (Wildman–Crippen LogP) is 2.34. The molecule has 1 aliphatic heterocycles. The second-order valence-corrected chi connectivity index (χ2v) is 5.38. The minimum Gasteiger partial charge on any atom is -0.454 e. The molecule has 2 aromatic rings. The van der Waals surface area contributed by atoms with Crippen LogP contribution in [0.15, 0.2) is 53.5 Å². The molecule has 1 amide bonds. The Labute approximate surface area is 169 Å². The van der Waals surface area contributed by atoms with E-state index in [0.717, 1.165) is 22.7 Å². The number of benzene rings is 2. The quantitative estimate of drug-likeness (QED) is 0.357. The van der Waals surface area contributed by atoms with E-state index in [-0.39, 0.29) is 43.2 Å². The normalized spacial score (nSPS) is 12.1. The van der Waals surface area contributed by atoms with E-state index in [9.17, 15) is 4.79 Å². The molecule has 0 saturated heterocycles. The number of nitrogens with zero attached hydrogens (tertiary/aromatic N) is 1. The molecule has 0 fully saturated rings. The molecular weight excluding hydrogens is 447 g/mol. The minimum absolute atomic E-state index is 0. The first-order chi connectivity index (χ1) is 12.2. The lowest BCUT2D eigenvalue weighted by Gasteiger charge is -2.12. The molecule has 7 nitrogen and oxygen atoms in total. The largest absolute Gasteiger partial charge is 0.454 e. The fraction of sp³-hybridized carbons (Fsp3) is 0.222. The molecule has 3 rings (SSSR count). The van der Waals surface area contributed by atoms with Gasteiger partial charge in [-0.15, -0.1) is 24.0 Å². The average molecular weight is 468 g/mol. The van der Waals surface area contributed by atoms with Crippen molar-refractivity contribution in [2.75, 3.05) is 25.7 Å². The SMILES string of the molecule is CN=C(NCC(=O)Nc1ccccc1)NCc1ccc2c(c1)OCO2.I. The van der Waals surface area contributed by atoms with Gasteiger partial charge in [0.05, 0.1) is 6.54 Å². The molecule has 0 aliphatic carbocycles. The van der Waals surface area contributed by atoms with Crippen LogP contribution in [-0.2, 0) is 11.3 Å². The zero-order valence-electron chi connectivity index (χ0n) is 14.3. The lowest BCUT2D eigenvalue weighted by atomic mass is 10.2. The third-order valence-electron chi connectivity index (χ3n) is 3.59. The third kappa shape index (κ3) is 5.51. The number of carbonyl (C=O) groups excluding carboxylic acids is 1. The fourth-order valence-corrected chi connectivity index (χ4v) is 2.35. The van der Waals surface area contributed by atoms with E-state index < -0.39 is 0 Å². The Morgan fingerprint density at radius 3 is 2.62 bits per heavy atom. The van der Waals surface area contributed by atoms with E-state index in [2.05, 4.69) is 20.9 Å². The Bertz CT molecular complexity index is 768. The van der Waals surface area contributed by atoms with E-state index in [1.54, 1.807) is 7.05 Å². The highest BCUT2D eigenvalue weighted by molar-refractivity contribution is 14.0. The first-order valence-corrected chi connectivity index (χ1v) is 7.92. The molecule has 138 valence electrons. The molecule has 3 N–H and O–H groups in total. The second kappa shape index (κ2) is 9.85. The highest BCUT2D eigenvalue weighted by Crippen LogP contribution is 2.32. The van der Waals surface area contributed by atoms with Gasteiger partial charge in [-0.3, -0.25) is 9.79 Å². The highest BCUT2D eigenvalue weighted by Gasteiger charge is 2.13. The van der Waals surface area contributed by atoms with Crippen molar-refractivity contribution in [3.63, 3.8) is 0 Å². The average Bonchev–Trinajstić information content (AvgIpc) is 3.10. The summed E-state index contributed by atoms with van der Waals surface area (Å²) >= 11 is 0. The van der Waals surface area contributed by atoms with Crippen molar-refractivity contribution in [2.24, 2.45) is 4.99 Å². The van der Waals surface area contributed by atoms with Crippen molar-refractivity contribution >= 4 is 41.5 Å². The standard InChI is InChI=1S/C18H20N4O3.HI/c1-19-18(21-11-17(23)22-14-5-3-2-4-6-14)20-10-13-7-8-15-16(9-13)25-12-24-15;/h2-9H,10-12H2,1H3,(H,22,23)(H2,19,20,21);1H. The predicted molar refractivity (Wildman–Crippen MR) is 111 cm³/mol. The maximum absolute atomic E-state index is 11.9. The van der Waals surface area contributed by atoms with Crippen LogP contribution in [0.4, 0.5) is 5.69 Å². The summed E-state index contributed by atoms with van der Waals surface area (Å²) in [6, 6.07) is 15.1. The van der Waals surface area contributed by atoms with E-state index in [1.807, 2.05) is 48.5 Å². The van der Waals surface area contributed by atoms with Crippen LogP contribution < -0.4 is 25.4 Å². The summed E-state index contributed by atoms with van der Waals surface area (Å²) in [5.41, 5.74) is 1.79. The smallest absolute Gasteiger partial charge is 0.243 e. The number of para-hydroxylation sites is 1. The Hall–Kier alpha value is -2.49. The van der Waals surface area contributed by atoms with Gasteiger partial charge >= 0.3 is 0 Å². The van der Waals surface area contributed by atoms with Gasteiger partial charge in [0.25, 0.3) is 0 Å². The van der Waals surface area contributed by atoms with Crippen LogP contribution in [0, 0.1) is 0 Å². The Kier molecular flexibility index (Phi) is 7.52. The lowest BCUT2D eigenvalue weighted by Crippen LogP contribution is -2.41. The van der Waals surface area contributed by atoms with Crippen LogP contribution in [0.3, 0.4) is 0 Å². The van der Waals surface area contributed by atoms with Gasteiger partial charge in [0.1, 0.15) is 0 Å². The third-order valence-corrected chi connectivity index (χ3v) is 3.59. The number of ether oxygens (including phenoxy) is 2. The van der Waals surface area contributed by atoms with Gasteiger partial charge in [-0.25, -0.2) is 0 Å². The van der Waals surface area contributed by atoms with Gasteiger partial charge in [-0.2, -0.15) is 0 Å². The topological polar surface area (TPSA) is 84.0 Å². The Morgan fingerprint density at radius 2 is 1.85 bits per heavy atom. The number of aliphatic imine (C=N–C) groups is 1. The number of carbonyl (C=O) groups is 1. The molecule has 26 heavy (non-hydrogen) atoms. The summed E-state index contributed by atoms with van der Waals surface area (Å²) in [6.45, 7) is 0.929. The van der Waals surface area contributed by atoms with Gasteiger partial charge in [-0.05, 0) is 29.8 Å². The van der Waals surface area contributed by atoms with E-state index in [4.69, 9.17) is 9.47 Å². The van der Waals surface area contributed by atoms with Crippen molar-refractivity contribution in [3.8, 4) is 11.5 Å². The molecule has 0 radical (unpaired) electrons. The summed E-state index contributed by atoms with van der Waals surface area (Å²) in [7, 11) is 1.66. The van der Waals surface area contributed by atoms with Crippen LogP contribution in [0.25, 0.3) is 0 Å². The van der Waals surface area contributed by atoms with Crippen molar-refractivity contribution in [1.82, 2.24) is 10.6 Å². The Balaban J connectivity index is 0.00000243. The summed E-state index contributed by atoms with van der Waals surface area (Å²) < 4.78 is 10.6. The number of rotatable bonds is 5. The van der Waals surface area contributed by atoms with Crippen LogP contribution in [0.2, 0.25) is 0 Å². The molecular formula is C18H21IN4O3. The molecule has 1 aliphatic rings. The number of hydrogen-bond acceptors (Lipinski definition) is 4. The number of guanidine groups is 1. The molecule has 1 heterocycles. The maximum atomic E-state index is 11.9. The molecule has 0 atom stereocenters. The summed E-state index contributed by atoms with van der Waals surface area (Å²) in [4.78, 5) is 16.1. The number of halogens is 1. The number of fused-ring (bicyclic) bond motifs is 1. The first kappa shape index (κ1) is 19.8. The van der Waals surface area contributed by atoms with Crippen LogP contribution in [0.1, 0.15) is 5.56 Å². The molecule has 0 unspecified atom stereocenters. The van der Waals surface area contributed by atoms with Crippen molar-refractivity contribution < 1.29 is 14.3 Å². The molecule has 0 saturated carbocycles. The van der Waals surface area contributed by atoms with Crippen LogP contribution in [-0.4, -0.2) is 32.3 Å². The summed E-state index contributed by atoms with van der Waals surface area (Å²) in [5, 5.41) is 8.95.